The smallest absolute Gasteiger partial charge is 0.199 e. The van der Waals surface area contributed by atoms with Crippen molar-refractivity contribution in [1.82, 2.24) is 19.2 Å². The van der Waals surface area contributed by atoms with Crippen LogP contribution in [-0.2, 0) is 19.8 Å². The first kappa shape index (κ1) is 18.4. The number of nitrogens with zero attached hydrogens (tertiary/aromatic N) is 4. The van der Waals surface area contributed by atoms with Crippen molar-refractivity contribution in [2.45, 2.75) is 39.5 Å². The standard InChI is InChI=1S/C17H21ClN4OS2/c1-12(2)16-19-22(11-20(3)10-14-6-7-15(18)25-14)17(24)21(16)9-13-5-4-8-23-13/h4-8,12H,9-11H2,1-3H3. The summed E-state index contributed by atoms with van der Waals surface area (Å²) in [5, 5.41) is 4.75. The van der Waals surface area contributed by atoms with Gasteiger partial charge in [0.15, 0.2) is 4.77 Å². The van der Waals surface area contributed by atoms with E-state index in [2.05, 4.69) is 36.4 Å². The first-order valence-electron chi connectivity index (χ1n) is 8.06. The Kier molecular flexibility index (Phi) is 5.78. The largest absolute Gasteiger partial charge is 0.467 e. The lowest BCUT2D eigenvalue weighted by molar-refractivity contribution is 0.245. The molecule has 0 N–H and O–H groups in total. The zero-order chi connectivity index (χ0) is 18.0. The van der Waals surface area contributed by atoms with Crippen LogP contribution >= 0.6 is 35.2 Å². The highest BCUT2D eigenvalue weighted by Gasteiger charge is 2.16. The topological polar surface area (TPSA) is 39.1 Å². The molecule has 25 heavy (non-hydrogen) atoms. The van der Waals surface area contributed by atoms with Crippen LogP contribution in [0.5, 0.6) is 0 Å². The van der Waals surface area contributed by atoms with Gasteiger partial charge in [-0.05, 0) is 43.5 Å². The predicted octanol–water partition coefficient (Wildman–Crippen LogP) is 4.98. The third-order valence-electron chi connectivity index (χ3n) is 3.79. The molecule has 0 amide bonds. The summed E-state index contributed by atoms with van der Waals surface area (Å²) in [6.07, 6.45) is 1.68. The minimum absolute atomic E-state index is 0.277. The Morgan fingerprint density at radius 2 is 2.16 bits per heavy atom. The maximum atomic E-state index is 6.01. The maximum absolute atomic E-state index is 6.01. The molecule has 8 heteroatoms. The van der Waals surface area contributed by atoms with E-state index < -0.39 is 0 Å². The van der Waals surface area contributed by atoms with Crippen molar-refractivity contribution in [2.75, 3.05) is 7.05 Å². The number of hydrogen-bond acceptors (Lipinski definition) is 5. The van der Waals surface area contributed by atoms with Crippen molar-refractivity contribution < 1.29 is 4.42 Å². The fraction of sp³-hybridized carbons (Fsp3) is 0.412. The van der Waals surface area contributed by atoms with Crippen LogP contribution in [0.4, 0.5) is 0 Å². The molecule has 0 atom stereocenters. The van der Waals surface area contributed by atoms with Crippen LogP contribution in [0.15, 0.2) is 34.9 Å². The molecule has 0 aliphatic heterocycles. The zero-order valence-electron chi connectivity index (χ0n) is 14.5. The van der Waals surface area contributed by atoms with E-state index >= 15 is 0 Å². The van der Waals surface area contributed by atoms with E-state index in [1.165, 1.54) is 4.88 Å². The van der Waals surface area contributed by atoms with Gasteiger partial charge >= 0.3 is 0 Å². The molecule has 5 nitrogen and oxygen atoms in total. The average Bonchev–Trinajstić information content (AvgIpc) is 3.25. The van der Waals surface area contributed by atoms with Gasteiger partial charge in [-0.1, -0.05) is 25.4 Å². The Balaban J connectivity index is 1.80. The Labute approximate surface area is 161 Å². The van der Waals surface area contributed by atoms with Gasteiger partial charge in [0.2, 0.25) is 0 Å². The Morgan fingerprint density at radius 3 is 2.76 bits per heavy atom. The normalized spacial score (nSPS) is 11.8. The lowest BCUT2D eigenvalue weighted by atomic mass is 10.2. The molecule has 0 saturated carbocycles. The molecule has 0 fully saturated rings. The molecule has 0 radical (unpaired) electrons. The van der Waals surface area contributed by atoms with Gasteiger partial charge in [0.1, 0.15) is 11.6 Å². The minimum Gasteiger partial charge on any atom is -0.467 e. The van der Waals surface area contributed by atoms with Crippen molar-refractivity contribution in [3.63, 3.8) is 0 Å². The molecular weight excluding hydrogens is 376 g/mol. The van der Waals surface area contributed by atoms with Crippen molar-refractivity contribution in [3.05, 3.63) is 56.1 Å². The summed E-state index contributed by atoms with van der Waals surface area (Å²) in [4.78, 5) is 3.39. The predicted molar refractivity (Wildman–Crippen MR) is 104 cm³/mol. The van der Waals surface area contributed by atoms with Gasteiger partial charge in [-0.2, -0.15) is 5.10 Å². The number of aromatic nitrogens is 3. The number of furan rings is 1. The second kappa shape index (κ2) is 7.86. The third-order valence-corrected chi connectivity index (χ3v) is 5.44. The van der Waals surface area contributed by atoms with Crippen LogP contribution in [0, 0.1) is 4.77 Å². The summed E-state index contributed by atoms with van der Waals surface area (Å²) in [6, 6.07) is 7.82. The zero-order valence-corrected chi connectivity index (χ0v) is 16.9. The molecule has 3 aromatic rings. The molecule has 0 spiro atoms. The highest BCUT2D eigenvalue weighted by Crippen LogP contribution is 2.22. The van der Waals surface area contributed by atoms with Crippen molar-refractivity contribution >= 4 is 35.2 Å². The third kappa shape index (κ3) is 4.41. The average molecular weight is 397 g/mol. The molecule has 0 aromatic carbocycles. The van der Waals surface area contributed by atoms with Gasteiger partial charge in [-0.3, -0.25) is 9.47 Å². The number of halogens is 1. The summed E-state index contributed by atoms with van der Waals surface area (Å²) in [6.45, 7) is 6.28. The molecule has 0 unspecified atom stereocenters. The number of thiophene rings is 1. The monoisotopic (exact) mass is 396 g/mol. The van der Waals surface area contributed by atoms with Crippen molar-refractivity contribution in [2.24, 2.45) is 0 Å². The summed E-state index contributed by atoms with van der Waals surface area (Å²) < 4.78 is 10.9. The van der Waals surface area contributed by atoms with Gasteiger partial charge in [0, 0.05) is 17.3 Å². The van der Waals surface area contributed by atoms with E-state index in [0.717, 1.165) is 22.5 Å². The fourth-order valence-corrected chi connectivity index (χ4v) is 4.09. The van der Waals surface area contributed by atoms with E-state index in [0.29, 0.717) is 18.0 Å². The molecule has 134 valence electrons. The molecule has 3 rings (SSSR count). The van der Waals surface area contributed by atoms with E-state index in [4.69, 9.17) is 33.3 Å². The Morgan fingerprint density at radius 1 is 1.36 bits per heavy atom. The van der Waals surface area contributed by atoms with Gasteiger partial charge < -0.3 is 4.42 Å². The fourth-order valence-electron chi connectivity index (χ4n) is 2.67. The van der Waals surface area contributed by atoms with Gasteiger partial charge in [-0.25, -0.2) is 4.68 Å². The lowest BCUT2D eigenvalue weighted by Gasteiger charge is -2.15. The second-order valence-electron chi connectivity index (χ2n) is 6.32. The van der Waals surface area contributed by atoms with Crippen LogP contribution < -0.4 is 0 Å². The molecule has 3 aromatic heterocycles. The van der Waals surface area contributed by atoms with E-state index in [-0.39, 0.29) is 5.92 Å². The van der Waals surface area contributed by atoms with Crippen LogP contribution in [0.1, 0.15) is 36.2 Å². The van der Waals surface area contributed by atoms with Gasteiger partial charge in [0.05, 0.1) is 23.8 Å². The first-order chi connectivity index (χ1) is 11.9. The van der Waals surface area contributed by atoms with Crippen molar-refractivity contribution in [3.8, 4) is 0 Å². The quantitative estimate of drug-likeness (QED) is 0.528. The molecular formula is C17H21ClN4OS2. The highest BCUT2D eigenvalue weighted by atomic mass is 35.5. The Hall–Kier alpha value is -1.41. The van der Waals surface area contributed by atoms with Crippen LogP contribution in [-0.4, -0.2) is 26.3 Å². The summed E-state index contributed by atoms with van der Waals surface area (Å²) >= 11 is 13.3. The molecule has 0 aliphatic rings. The lowest BCUT2D eigenvalue weighted by Crippen LogP contribution is -2.22. The SMILES string of the molecule is CC(C)c1nn(CN(C)Cc2ccc(Cl)s2)c(=S)n1Cc1ccco1. The molecule has 0 aliphatic carbocycles. The molecule has 3 heterocycles. The summed E-state index contributed by atoms with van der Waals surface area (Å²) in [7, 11) is 2.05. The maximum Gasteiger partial charge on any atom is 0.199 e. The Bertz CT molecular complexity index is 879. The molecule has 0 bridgehead atoms. The van der Waals surface area contributed by atoms with Gasteiger partial charge in [0.25, 0.3) is 0 Å². The summed E-state index contributed by atoms with van der Waals surface area (Å²) in [5.41, 5.74) is 0. The van der Waals surface area contributed by atoms with Crippen LogP contribution in [0.25, 0.3) is 0 Å². The second-order valence-corrected chi connectivity index (χ2v) is 8.49. The molecule has 0 saturated heterocycles. The number of rotatable bonds is 7. The van der Waals surface area contributed by atoms with E-state index in [9.17, 15) is 0 Å². The first-order valence-corrected chi connectivity index (χ1v) is 9.67. The van der Waals surface area contributed by atoms with E-state index in [1.54, 1.807) is 17.6 Å². The van der Waals surface area contributed by atoms with Crippen molar-refractivity contribution in [1.29, 1.82) is 0 Å². The van der Waals surface area contributed by atoms with E-state index in [1.807, 2.05) is 22.9 Å². The van der Waals surface area contributed by atoms with Gasteiger partial charge in [-0.15, -0.1) is 11.3 Å². The summed E-state index contributed by atoms with van der Waals surface area (Å²) in [5.74, 6) is 2.12. The van der Waals surface area contributed by atoms with Crippen LogP contribution in [0.2, 0.25) is 4.34 Å². The highest BCUT2D eigenvalue weighted by molar-refractivity contribution is 7.71. The number of hydrogen-bond donors (Lipinski definition) is 0. The van der Waals surface area contributed by atoms with Crippen LogP contribution in [0.3, 0.4) is 0 Å². The minimum atomic E-state index is 0.277.